The van der Waals surface area contributed by atoms with Gasteiger partial charge in [-0.1, -0.05) is 18.2 Å². The number of nitro groups is 1. The van der Waals surface area contributed by atoms with Crippen LogP contribution in [-0.4, -0.2) is 38.5 Å². The van der Waals surface area contributed by atoms with E-state index in [1.54, 1.807) is 18.3 Å². The van der Waals surface area contributed by atoms with Gasteiger partial charge in [0, 0.05) is 0 Å². The second kappa shape index (κ2) is 10.2. The molecule has 0 unspecified atom stereocenters. The Kier molecular flexibility index (Phi) is 7.10. The first-order valence-electron chi connectivity index (χ1n) is 8.73. The van der Waals surface area contributed by atoms with E-state index in [2.05, 4.69) is 15.8 Å². The van der Waals surface area contributed by atoms with Crippen LogP contribution in [0.4, 0.5) is 11.4 Å². The van der Waals surface area contributed by atoms with E-state index in [0.29, 0.717) is 5.69 Å². The maximum absolute atomic E-state index is 12.0. The Morgan fingerprint density at radius 2 is 1.59 bits per heavy atom. The van der Waals surface area contributed by atoms with Crippen LogP contribution >= 0.6 is 0 Å². The van der Waals surface area contributed by atoms with Crippen molar-refractivity contribution < 1.29 is 9.72 Å². The Morgan fingerprint density at radius 1 is 0.966 bits per heavy atom. The Bertz CT molecular complexity index is 991. The number of nitrogens with zero attached hydrogens (tertiary/aromatic N) is 2. The molecule has 0 aromatic heterocycles. The van der Waals surface area contributed by atoms with Crippen molar-refractivity contribution in [1.29, 1.82) is 0 Å². The Labute approximate surface area is 174 Å². The first kappa shape index (κ1) is 20.3. The van der Waals surface area contributed by atoms with Crippen LogP contribution < -0.4 is 19.7 Å². The number of amides is 1. The van der Waals surface area contributed by atoms with Crippen LogP contribution in [0.15, 0.2) is 84.0 Å². The van der Waals surface area contributed by atoms with Crippen molar-refractivity contribution >= 4 is 47.4 Å². The zero-order valence-electron chi connectivity index (χ0n) is 15.3. The monoisotopic (exact) mass is 454 g/mol. The summed E-state index contributed by atoms with van der Waals surface area (Å²) in [5.41, 5.74) is 4.46. The Morgan fingerprint density at radius 3 is 2.21 bits per heavy atom. The molecule has 0 saturated carbocycles. The predicted octanol–water partition coefficient (Wildman–Crippen LogP) is 1.81. The number of hydrogen-bond acceptors (Lipinski definition) is 5. The van der Waals surface area contributed by atoms with Crippen LogP contribution in [0.25, 0.3) is 0 Å². The average molecular weight is 453 g/mol. The van der Waals surface area contributed by atoms with Gasteiger partial charge >= 0.3 is 156 Å². The summed E-state index contributed by atoms with van der Waals surface area (Å²) in [5.74, 6) is -0.191. The van der Waals surface area contributed by atoms with E-state index in [1.807, 2.05) is 54.6 Å². The molecule has 0 fully saturated rings. The van der Waals surface area contributed by atoms with Crippen molar-refractivity contribution in [2.75, 3.05) is 11.9 Å². The van der Waals surface area contributed by atoms with Gasteiger partial charge in [0.2, 0.25) is 0 Å². The fourth-order valence-corrected chi connectivity index (χ4v) is 4.07. The molecule has 3 aromatic carbocycles. The molecule has 0 aliphatic rings. The molecule has 0 saturated heterocycles. The second-order valence-corrected chi connectivity index (χ2v) is 8.34. The van der Waals surface area contributed by atoms with Crippen molar-refractivity contribution in [3.63, 3.8) is 0 Å². The zero-order chi connectivity index (χ0) is 20.5. The molecule has 7 nitrogen and oxygen atoms in total. The first-order valence-corrected chi connectivity index (χ1v) is 10.4. The summed E-state index contributed by atoms with van der Waals surface area (Å²) < 4.78 is 2.15. The number of benzene rings is 3. The topological polar surface area (TPSA) is 96.6 Å². The van der Waals surface area contributed by atoms with Crippen molar-refractivity contribution in [3.05, 3.63) is 94.5 Å². The number of anilines is 1. The minimum absolute atomic E-state index is 0.0331. The van der Waals surface area contributed by atoms with Crippen molar-refractivity contribution in [2.24, 2.45) is 5.10 Å². The van der Waals surface area contributed by atoms with Gasteiger partial charge in [-0.05, 0) is 0 Å². The molecule has 3 aromatic rings. The summed E-state index contributed by atoms with van der Waals surface area (Å²) in [7, 11) is 0. The minimum atomic E-state index is -0.407. The molecule has 0 bridgehead atoms. The van der Waals surface area contributed by atoms with Crippen molar-refractivity contribution in [3.8, 4) is 0 Å². The summed E-state index contributed by atoms with van der Waals surface area (Å²) in [6.45, 7) is 0.0673. The summed E-state index contributed by atoms with van der Waals surface area (Å²) in [4.78, 5) is 22.3. The molecule has 0 spiro atoms. The van der Waals surface area contributed by atoms with Gasteiger partial charge < -0.3 is 0 Å². The van der Waals surface area contributed by atoms with Crippen LogP contribution in [0, 0.1) is 10.1 Å². The number of nitrogens with one attached hydrogen (secondary N) is 2. The van der Waals surface area contributed by atoms with Gasteiger partial charge in [-0.3, -0.25) is 0 Å². The van der Waals surface area contributed by atoms with Gasteiger partial charge in [-0.15, -0.1) is 0 Å². The number of hydrazone groups is 1. The van der Waals surface area contributed by atoms with E-state index in [9.17, 15) is 14.9 Å². The van der Waals surface area contributed by atoms with Gasteiger partial charge in [0.1, 0.15) is 0 Å². The fourth-order valence-electron chi connectivity index (χ4n) is 2.36. The van der Waals surface area contributed by atoms with Gasteiger partial charge in [-0.25, -0.2) is 0 Å². The fraction of sp³-hybridized carbons (Fsp3) is 0.0476. The third-order valence-electron chi connectivity index (χ3n) is 3.77. The molecule has 0 radical (unpaired) electrons. The Hall–Kier alpha value is -3.48. The quantitative estimate of drug-likeness (QED) is 0.235. The molecule has 146 valence electrons. The number of hydrogen-bond donors (Lipinski definition) is 2. The third kappa shape index (κ3) is 6.57. The van der Waals surface area contributed by atoms with Crippen LogP contribution in [0.1, 0.15) is 5.56 Å². The molecule has 29 heavy (non-hydrogen) atoms. The summed E-state index contributed by atoms with van der Waals surface area (Å²) >= 11 is 0.0331. The molecule has 0 heterocycles. The van der Waals surface area contributed by atoms with Gasteiger partial charge in [0.15, 0.2) is 0 Å². The SMILES string of the molecule is O=C(CN/N=C/c1ccccc1)Nc1ccc([Se]c2ccc([N+](=O)[O-])cc2)cc1. The van der Waals surface area contributed by atoms with Gasteiger partial charge in [-0.2, -0.15) is 0 Å². The number of carbonyl (C=O) groups excluding carboxylic acids is 1. The number of rotatable bonds is 8. The molecule has 2 N–H and O–H groups in total. The van der Waals surface area contributed by atoms with E-state index in [0.717, 1.165) is 14.5 Å². The van der Waals surface area contributed by atoms with E-state index >= 15 is 0 Å². The van der Waals surface area contributed by atoms with Crippen molar-refractivity contribution in [2.45, 2.75) is 0 Å². The van der Waals surface area contributed by atoms with Gasteiger partial charge in [0.05, 0.1) is 0 Å². The number of non-ortho nitro benzene ring substituents is 1. The van der Waals surface area contributed by atoms with E-state index in [-0.39, 0.29) is 33.1 Å². The standard InChI is InChI=1S/C21H18N4O3Se/c26-21(15-23-22-14-16-4-2-1-3-5-16)24-17-6-10-19(11-7-17)29-20-12-8-18(9-13-20)25(27)28/h1-14,23H,15H2,(H,24,26)/b22-14+. The van der Waals surface area contributed by atoms with E-state index < -0.39 is 4.92 Å². The van der Waals surface area contributed by atoms with Crippen molar-refractivity contribution in [1.82, 2.24) is 5.43 Å². The van der Waals surface area contributed by atoms with Crippen LogP contribution in [0.2, 0.25) is 0 Å². The zero-order valence-corrected chi connectivity index (χ0v) is 17.0. The molecule has 0 atom stereocenters. The maximum atomic E-state index is 12.0. The summed E-state index contributed by atoms with van der Waals surface area (Å²) in [6, 6.07) is 23.7. The van der Waals surface area contributed by atoms with E-state index in [4.69, 9.17) is 0 Å². The molecular weight excluding hydrogens is 435 g/mol. The number of nitro benzene ring substituents is 1. The molecule has 1 amide bonds. The molecule has 0 aliphatic carbocycles. The Balaban J connectivity index is 1.46. The molecule has 8 heteroatoms. The molecular formula is C21H18N4O3Se. The normalized spacial score (nSPS) is 10.6. The molecule has 0 aliphatic heterocycles. The van der Waals surface area contributed by atoms with Crippen LogP contribution in [-0.2, 0) is 4.79 Å². The first-order chi connectivity index (χ1) is 14.1. The van der Waals surface area contributed by atoms with E-state index in [1.165, 1.54) is 12.1 Å². The average Bonchev–Trinajstić information content (AvgIpc) is 2.74. The van der Waals surface area contributed by atoms with Crippen LogP contribution in [0.5, 0.6) is 0 Å². The summed E-state index contributed by atoms with van der Waals surface area (Å²) in [6.07, 6.45) is 1.66. The second-order valence-electron chi connectivity index (χ2n) is 5.93. The number of carbonyl (C=O) groups is 1. The summed E-state index contributed by atoms with van der Waals surface area (Å²) in [5, 5.41) is 17.5. The molecule has 3 rings (SSSR count). The third-order valence-corrected chi connectivity index (χ3v) is 5.90. The predicted molar refractivity (Wildman–Crippen MR) is 115 cm³/mol. The van der Waals surface area contributed by atoms with Gasteiger partial charge in [0.25, 0.3) is 0 Å². The van der Waals surface area contributed by atoms with Crippen LogP contribution in [0.3, 0.4) is 0 Å².